The van der Waals surface area contributed by atoms with Crippen molar-refractivity contribution in [3.8, 4) is 5.88 Å². The molecule has 0 saturated carbocycles. The summed E-state index contributed by atoms with van der Waals surface area (Å²) in [6.45, 7) is 0.597. The van der Waals surface area contributed by atoms with E-state index in [0.717, 1.165) is 22.2 Å². The van der Waals surface area contributed by atoms with Gasteiger partial charge in [-0.25, -0.2) is 9.97 Å². The molecule has 24 heavy (non-hydrogen) atoms. The molecular weight excluding hydrogens is 306 g/mol. The van der Waals surface area contributed by atoms with Crippen LogP contribution in [0.25, 0.3) is 11.0 Å². The van der Waals surface area contributed by atoms with Crippen molar-refractivity contribution in [3.63, 3.8) is 0 Å². The highest BCUT2D eigenvalue weighted by atomic mass is 16.5. The lowest BCUT2D eigenvalue weighted by atomic mass is 10.1. The number of hydrogen-bond donors (Lipinski definition) is 2. The van der Waals surface area contributed by atoms with Gasteiger partial charge in [0.2, 0.25) is 11.8 Å². The SMILES string of the molecule is COc1ccc2c(NCc3ccc4c(c3)CC(=O)N4)ncnc2n1. The van der Waals surface area contributed by atoms with Crippen LogP contribution in [0.1, 0.15) is 11.1 Å². The van der Waals surface area contributed by atoms with Crippen LogP contribution in [0.15, 0.2) is 36.7 Å². The fourth-order valence-electron chi connectivity index (χ4n) is 2.76. The van der Waals surface area contributed by atoms with E-state index in [-0.39, 0.29) is 5.91 Å². The molecular formula is C17H15N5O2. The summed E-state index contributed by atoms with van der Waals surface area (Å²) in [7, 11) is 1.57. The van der Waals surface area contributed by atoms with Crippen LogP contribution >= 0.6 is 0 Å². The Balaban J connectivity index is 1.57. The lowest BCUT2D eigenvalue weighted by Gasteiger charge is -2.09. The van der Waals surface area contributed by atoms with Gasteiger partial charge in [-0.2, -0.15) is 4.98 Å². The standard InChI is InChI=1S/C17H15N5O2/c1-24-15-5-3-12-16(19-9-20-17(12)22-15)18-8-10-2-4-13-11(6-10)7-14(23)21-13/h2-6,9H,7-8H2,1H3,(H,21,23)(H,18,19,20,22). The third-order valence-electron chi connectivity index (χ3n) is 3.94. The zero-order chi connectivity index (χ0) is 16.5. The summed E-state index contributed by atoms with van der Waals surface area (Å²) in [4.78, 5) is 24.2. The van der Waals surface area contributed by atoms with Gasteiger partial charge in [-0.1, -0.05) is 12.1 Å². The minimum Gasteiger partial charge on any atom is -0.481 e. The number of methoxy groups -OCH3 is 1. The molecule has 2 N–H and O–H groups in total. The van der Waals surface area contributed by atoms with Crippen molar-refractivity contribution in [2.24, 2.45) is 0 Å². The van der Waals surface area contributed by atoms with E-state index >= 15 is 0 Å². The Morgan fingerprint density at radius 2 is 2.17 bits per heavy atom. The number of nitrogens with one attached hydrogen (secondary N) is 2. The fourth-order valence-corrected chi connectivity index (χ4v) is 2.76. The first-order chi connectivity index (χ1) is 11.7. The monoisotopic (exact) mass is 321 g/mol. The first-order valence-electron chi connectivity index (χ1n) is 7.54. The number of ether oxygens (including phenoxy) is 1. The molecule has 0 aliphatic carbocycles. The molecule has 7 heteroatoms. The molecule has 7 nitrogen and oxygen atoms in total. The van der Waals surface area contributed by atoms with Gasteiger partial charge in [0.15, 0.2) is 5.65 Å². The highest BCUT2D eigenvalue weighted by Crippen LogP contribution is 2.25. The maximum atomic E-state index is 11.4. The molecule has 0 atom stereocenters. The molecule has 0 fully saturated rings. The van der Waals surface area contributed by atoms with E-state index in [1.165, 1.54) is 6.33 Å². The summed E-state index contributed by atoms with van der Waals surface area (Å²) >= 11 is 0. The lowest BCUT2D eigenvalue weighted by molar-refractivity contribution is -0.115. The summed E-state index contributed by atoms with van der Waals surface area (Å²) in [6.07, 6.45) is 1.91. The van der Waals surface area contributed by atoms with E-state index in [9.17, 15) is 4.79 Å². The summed E-state index contributed by atoms with van der Waals surface area (Å²) < 4.78 is 5.12. The minimum atomic E-state index is 0.0388. The smallest absolute Gasteiger partial charge is 0.228 e. The van der Waals surface area contributed by atoms with Gasteiger partial charge in [-0.3, -0.25) is 4.79 Å². The summed E-state index contributed by atoms with van der Waals surface area (Å²) in [5, 5.41) is 6.97. The van der Waals surface area contributed by atoms with E-state index in [1.54, 1.807) is 13.2 Å². The van der Waals surface area contributed by atoms with E-state index in [4.69, 9.17) is 4.74 Å². The molecule has 1 aliphatic rings. The van der Waals surface area contributed by atoms with Crippen molar-refractivity contribution in [2.45, 2.75) is 13.0 Å². The molecule has 0 spiro atoms. The van der Waals surface area contributed by atoms with Crippen molar-refractivity contribution < 1.29 is 9.53 Å². The van der Waals surface area contributed by atoms with Crippen LogP contribution in [0.4, 0.5) is 11.5 Å². The van der Waals surface area contributed by atoms with Crippen LogP contribution in [-0.4, -0.2) is 28.0 Å². The van der Waals surface area contributed by atoms with Crippen molar-refractivity contribution in [3.05, 3.63) is 47.8 Å². The van der Waals surface area contributed by atoms with Gasteiger partial charge in [0.25, 0.3) is 0 Å². The van der Waals surface area contributed by atoms with E-state index in [0.29, 0.717) is 30.3 Å². The van der Waals surface area contributed by atoms with Crippen LogP contribution in [0.5, 0.6) is 5.88 Å². The van der Waals surface area contributed by atoms with Crippen LogP contribution in [0.2, 0.25) is 0 Å². The molecule has 120 valence electrons. The molecule has 3 heterocycles. The van der Waals surface area contributed by atoms with Crippen molar-refractivity contribution in [2.75, 3.05) is 17.7 Å². The molecule has 0 bridgehead atoms. The maximum absolute atomic E-state index is 11.4. The number of pyridine rings is 1. The van der Waals surface area contributed by atoms with Gasteiger partial charge < -0.3 is 15.4 Å². The molecule has 4 rings (SSSR count). The number of carbonyl (C=O) groups is 1. The first-order valence-corrected chi connectivity index (χ1v) is 7.54. The lowest BCUT2D eigenvalue weighted by Crippen LogP contribution is -2.03. The van der Waals surface area contributed by atoms with Gasteiger partial charge in [0, 0.05) is 18.3 Å². The van der Waals surface area contributed by atoms with E-state index in [1.807, 2.05) is 24.3 Å². The second kappa shape index (κ2) is 5.77. The second-order valence-corrected chi connectivity index (χ2v) is 5.52. The number of fused-ring (bicyclic) bond motifs is 2. The molecule has 0 radical (unpaired) electrons. The largest absolute Gasteiger partial charge is 0.481 e. The van der Waals surface area contributed by atoms with Crippen LogP contribution < -0.4 is 15.4 Å². The third kappa shape index (κ3) is 2.60. The molecule has 0 unspecified atom stereocenters. The summed E-state index contributed by atoms with van der Waals surface area (Å²) in [6, 6.07) is 9.62. The number of carbonyl (C=O) groups excluding carboxylic acids is 1. The maximum Gasteiger partial charge on any atom is 0.228 e. The molecule has 1 aliphatic heterocycles. The predicted octanol–water partition coefficient (Wildman–Crippen LogP) is 2.14. The van der Waals surface area contributed by atoms with Gasteiger partial charge in [0.1, 0.15) is 12.1 Å². The number of aromatic nitrogens is 3. The van der Waals surface area contributed by atoms with Crippen LogP contribution in [0, 0.1) is 0 Å². The molecule has 1 aromatic carbocycles. The number of benzene rings is 1. The van der Waals surface area contributed by atoms with Gasteiger partial charge >= 0.3 is 0 Å². The van der Waals surface area contributed by atoms with Gasteiger partial charge in [0.05, 0.1) is 18.9 Å². The molecule has 3 aromatic rings. The fraction of sp³-hybridized carbons (Fsp3) is 0.176. The summed E-state index contributed by atoms with van der Waals surface area (Å²) in [5.74, 6) is 1.27. The highest BCUT2D eigenvalue weighted by molar-refractivity contribution is 5.99. The number of amides is 1. The first kappa shape index (κ1) is 14.4. The Hall–Kier alpha value is -3.22. The highest BCUT2D eigenvalue weighted by Gasteiger charge is 2.17. The third-order valence-corrected chi connectivity index (χ3v) is 3.94. The minimum absolute atomic E-state index is 0.0388. The average molecular weight is 321 g/mol. The molecule has 1 amide bonds. The Labute approximate surface area is 138 Å². The second-order valence-electron chi connectivity index (χ2n) is 5.52. The topological polar surface area (TPSA) is 89.0 Å². The van der Waals surface area contributed by atoms with Gasteiger partial charge in [-0.15, -0.1) is 0 Å². The van der Waals surface area contributed by atoms with Crippen molar-refractivity contribution >= 4 is 28.4 Å². The number of rotatable bonds is 4. The number of hydrogen-bond acceptors (Lipinski definition) is 6. The normalized spacial score (nSPS) is 12.8. The summed E-state index contributed by atoms with van der Waals surface area (Å²) in [5.41, 5.74) is 3.58. The molecule has 2 aromatic heterocycles. The quantitative estimate of drug-likeness (QED) is 0.765. The zero-order valence-electron chi connectivity index (χ0n) is 13.0. The van der Waals surface area contributed by atoms with Crippen molar-refractivity contribution in [1.29, 1.82) is 0 Å². The zero-order valence-corrected chi connectivity index (χ0v) is 13.0. The molecule has 0 saturated heterocycles. The Bertz CT molecular complexity index is 941. The Kier molecular flexibility index (Phi) is 3.45. The number of nitrogens with zero attached hydrogens (tertiary/aromatic N) is 3. The van der Waals surface area contributed by atoms with Crippen LogP contribution in [0.3, 0.4) is 0 Å². The number of anilines is 2. The van der Waals surface area contributed by atoms with Crippen molar-refractivity contribution in [1.82, 2.24) is 15.0 Å². The average Bonchev–Trinajstić information content (AvgIpc) is 2.98. The van der Waals surface area contributed by atoms with Gasteiger partial charge in [-0.05, 0) is 23.3 Å². The Morgan fingerprint density at radius 3 is 3.04 bits per heavy atom. The predicted molar refractivity (Wildman–Crippen MR) is 90.0 cm³/mol. The van der Waals surface area contributed by atoms with E-state index in [2.05, 4.69) is 25.6 Å². The van der Waals surface area contributed by atoms with E-state index < -0.39 is 0 Å². The Morgan fingerprint density at radius 1 is 1.25 bits per heavy atom. The van der Waals surface area contributed by atoms with Crippen LogP contribution in [-0.2, 0) is 17.8 Å².